The molecule has 2 aromatic heterocycles. The minimum absolute atomic E-state index is 0.0221. The molecule has 4 rings (SSSR count). The quantitative estimate of drug-likeness (QED) is 0.886. The molecule has 1 aliphatic heterocycles. The number of aromatic carboxylic acids is 1. The Morgan fingerprint density at radius 2 is 2.08 bits per heavy atom. The minimum Gasteiger partial charge on any atom is -0.476 e. The number of carboxylic acid groups (broad SMARTS) is 1. The zero-order valence-corrected chi connectivity index (χ0v) is 15.0. The van der Waals surface area contributed by atoms with E-state index in [1.54, 1.807) is 6.20 Å². The maximum Gasteiger partial charge on any atom is 0.356 e. The highest BCUT2D eigenvalue weighted by molar-refractivity contribution is 5.85. The van der Waals surface area contributed by atoms with Crippen LogP contribution in [0.15, 0.2) is 18.6 Å². The highest BCUT2D eigenvalue weighted by atomic mass is 16.4. The molecule has 1 saturated heterocycles. The van der Waals surface area contributed by atoms with Crippen LogP contribution < -0.4 is 9.80 Å². The molecule has 0 bridgehead atoms. The summed E-state index contributed by atoms with van der Waals surface area (Å²) in [5, 5.41) is 9.18. The summed E-state index contributed by atoms with van der Waals surface area (Å²) in [6.45, 7) is 1.63. The van der Waals surface area contributed by atoms with Crippen molar-refractivity contribution in [3.63, 3.8) is 0 Å². The Hall–Kier alpha value is -2.77. The molecule has 1 aliphatic carbocycles. The maximum absolute atomic E-state index is 11.2. The molecule has 1 unspecified atom stereocenters. The smallest absolute Gasteiger partial charge is 0.356 e. The van der Waals surface area contributed by atoms with Crippen LogP contribution in [0.4, 0.5) is 11.8 Å². The molecule has 0 amide bonds. The van der Waals surface area contributed by atoms with Gasteiger partial charge in [-0.3, -0.25) is 4.98 Å². The lowest BCUT2D eigenvalue weighted by molar-refractivity contribution is 0.0690. The van der Waals surface area contributed by atoms with Crippen molar-refractivity contribution in [3.05, 3.63) is 35.5 Å². The molecule has 1 N–H and O–H groups in total. The lowest BCUT2D eigenvalue weighted by Crippen LogP contribution is -2.46. The summed E-state index contributed by atoms with van der Waals surface area (Å²) in [7, 11) is 3.90. The standard InChI is InChI=1S/C18H22N6O2/c1-23(2)17-20-8-12-4-6-18(15(12)22-17)5-3-7-24(11-18)14-10-19-9-13(21-14)16(25)26/h8-10H,3-7,11H2,1-2H3,(H,25,26). The summed E-state index contributed by atoms with van der Waals surface area (Å²) in [4.78, 5) is 32.9. The number of aryl methyl sites for hydroxylation is 1. The summed E-state index contributed by atoms with van der Waals surface area (Å²) < 4.78 is 0. The second-order valence-electron chi connectivity index (χ2n) is 7.31. The molecule has 0 saturated carbocycles. The number of nitrogens with zero attached hydrogens (tertiary/aromatic N) is 6. The summed E-state index contributed by atoms with van der Waals surface area (Å²) in [6, 6.07) is 0. The first-order valence-electron chi connectivity index (χ1n) is 8.82. The van der Waals surface area contributed by atoms with Crippen LogP contribution >= 0.6 is 0 Å². The molecule has 1 spiro atoms. The predicted octanol–water partition coefficient (Wildman–Crippen LogP) is 1.52. The molecule has 0 radical (unpaired) electrons. The van der Waals surface area contributed by atoms with E-state index in [0.717, 1.165) is 50.4 Å². The molecule has 136 valence electrons. The molecule has 2 aromatic rings. The lowest BCUT2D eigenvalue weighted by Gasteiger charge is -2.41. The van der Waals surface area contributed by atoms with Gasteiger partial charge in [0.05, 0.1) is 18.1 Å². The van der Waals surface area contributed by atoms with E-state index in [1.807, 2.05) is 25.2 Å². The minimum atomic E-state index is -1.05. The van der Waals surface area contributed by atoms with Crippen LogP contribution in [0.3, 0.4) is 0 Å². The van der Waals surface area contributed by atoms with Crippen LogP contribution in [0.2, 0.25) is 0 Å². The molecule has 0 aromatic carbocycles. The molecule has 8 heteroatoms. The van der Waals surface area contributed by atoms with Gasteiger partial charge in [-0.2, -0.15) is 0 Å². The zero-order chi connectivity index (χ0) is 18.3. The average Bonchev–Trinajstić information content (AvgIpc) is 2.99. The number of carboxylic acids is 1. The fraction of sp³-hybridized carbons (Fsp3) is 0.500. The third-order valence-corrected chi connectivity index (χ3v) is 5.37. The number of carbonyl (C=O) groups is 1. The van der Waals surface area contributed by atoms with Gasteiger partial charge in [0.25, 0.3) is 0 Å². The van der Waals surface area contributed by atoms with Crippen LogP contribution in [0.25, 0.3) is 0 Å². The Morgan fingerprint density at radius 1 is 1.23 bits per heavy atom. The molecule has 8 nitrogen and oxygen atoms in total. The molecule has 1 atom stereocenters. The molecule has 3 heterocycles. The summed E-state index contributed by atoms with van der Waals surface area (Å²) in [5.74, 6) is 0.301. The van der Waals surface area contributed by atoms with Gasteiger partial charge in [-0.25, -0.2) is 19.7 Å². The van der Waals surface area contributed by atoms with Crippen LogP contribution in [-0.4, -0.2) is 58.2 Å². The fourth-order valence-corrected chi connectivity index (χ4v) is 4.08. The van der Waals surface area contributed by atoms with Crippen LogP contribution in [0, 0.1) is 0 Å². The highest BCUT2D eigenvalue weighted by Crippen LogP contribution is 2.44. The van der Waals surface area contributed by atoms with Crippen molar-refractivity contribution in [2.24, 2.45) is 0 Å². The zero-order valence-electron chi connectivity index (χ0n) is 15.0. The van der Waals surface area contributed by atoms with Crippen molar-refractivity contribution < 1.29 is 9.90 Å². The van der Waals surface area contributed by atoms with Crippen molar-refractivity contribution in [2.75, 3.05) is 37.0 Å². The maximum atomic E-state index is 11.2. The molecular weight excluding hydrogens is 332 g/mol. The van der Waals surface area contributed by atoms with Crippen molar-refractivity contribution in [1.29, 1.82) is 0 Å². The van der Waals surface area contributed by atoms with Gasteiger partial charge in [-0.05, 0) is 31.2 Å². The van der Waals surface area contributed by atoms with Crippen molar-refractivity contribution in [3.8, 4) is 0 Å². The Bertz CT molecular complexity index is 851. The molecule has 2 aliphatic rings. The van der Waals surface area contributed by atoms with Gasteiger partial charge in [-0.15, -0.1) is 0 Å². The Labute approximate surface area is 151 Å². The van der Waals surface area contributed by atoms with E-state index in [-0.39, 0.29) is 11.1 Å². The topological polar surface area (TPSA) is 95.3 Å². The van der Waals surface area contributed by atoms with Gasteiger partial charge in [0.15, 0.2) is 5.69 Å². The summed E-state index contributed by atoms with van der Waals surface area (Å²) >= 11 is 0. The first kappa shape index (κ1) is 16.7. The van der Waals surface area contributed by atoms with Gasteiger partial charge < -0.3 is 14.9 Å². The van der Waals surface area contributed by atoms with Gasteiger partial charge >= 0.3 is 5.97 Å². The number of rotatable bonds is 3. The normalized spacial score (nSPS) is 21.7. The molecular formula is C18H22N6O2. The van der Waals surface area contributed by atoms with Crippen LogP contribution in [0.5, 0.6) is 0 Å². The van der Waals surface area contributed by atoms with E-state index in [1.165, 1.54) is 11.8 Å². The second-order valence-corrected chi connectivity index (χ2v) is 7.31. The largest absolute Gasteiger partial charge is 0.476 e. The number of hydrogen-bond donors (Lipinski definition) is 1. The number of hydrogen-bond acceptors (Lipinski definition) is 7. The van der Waals surface area contributed by atoms with Crippen molar-refractivity contribution >= 4 is 17.7 Å². The van der Waals surface area contributed by atoms with E-state index in [0.29, 0.717) is 5.82 Å². The SMILES string of the molecule is CN(C)c1ncc2c(n1)C1(CCCN(c3cncc(C(=O)O)n3)C1)CC2. The van der Waals surface area contributed by atoms with E-state index in [9.17, 15) is 9.90 Å². The summed E-state index contributed by atoms with van der Waals surface area (Å²) in [6.07, 6.45) is 9.00. The van der Waals surface area contributed by atoms with E-state index >= 15 is 0 Å². The van der Waals surface area contributed by atoms with Crippen LogP contribution in [-0.2, 0) is 11.8 Å². The van der Waals surface area contributed by atoms with E-state index in [4.69, 9.17) is 4.98 Å². The number of anilines is 2. The van der Waals surface area contributed by atoms with Gasteiger partial charge in [-0.1, -0.05) is 0 Å². The Kier molecular flexibility index (Phi) is 3.97. The van der Waals surface area contributed by atoms with E-state index < -0.39 is 5.97 Å². The van der Waals surface area contributed by atoms with Gasteiger partial charge in [0, 0.05) is 38.8 Å². The molecule has 1 fully saturated rings. The number of aromatic nitrogens is 4. The van der Waals surface area contributed by atoms with Gasteiger partial charge in [0.1, 0.15) is 5.82 Å². The third kappa shape index (κ3) is 2.75. The Balaban J connectivity index is 1.67. The first-order chi connectivity index (χ1) is 12.5. The predicted molar refractivity (Wildman–Crippen MR) is 96.8 cm³/mol. The third-order valence-electron chi connectivity index (χ3n) is 5.37. The monoisotopic (exact) mass is 354 g/mol. The second kappa shape index (κ2) is 6.19. The molecule has 26 heavy (non-hydrogen) atoms. The number of fused-ring (bicyclic) bond motifs is 2. The lowest BCUT2D eigenvalue weighted by atomic mass is 9.77. The van der Waals surface area contributed by atoms with Gasteiger partial charge in [0.2, 0.25) is 5.95 Å². The average molecular weight is 354 g/mol. The fourth-order valence-electron chi connectivity index (χ4n) is 4.08. The summed E-state index contributed by atoms with van der Waals surface area (Å²) in [5.41, 5.74) is 2.32. The highest BCUT2D eigenvalue weighted by Gasteiger charge is 2.44. The van der Waals surface area contributed by atoms with Crippen molar-refractivity contribution in [1.82, 2.24) is 19.9 Å². The first-order valence-corrected chi connectivity index (χ1v) is 8.82. The number of piperidine rings is 1. The Morgan fingerprint density at radius 3 is 2.85 bits per heavy atom. The van der Waals surface area contributed by atoms with E-state index in [2.05, 4.69) is 19.9 Å². The van der Waals surface area contributed by atoms with Crippen molar-refractivity contribution in [2.45, 2.75) is 31.1 Å². The van der Waals surface area contributed by atoms with Crippen LogP contribution in [0.1, 0.15) is 41.0 Å².